The van der Waals surface area contributed by atoms with Gasteiger partial charge in [-0.25, -0.2) is 0 Å². The summed E-state index contributed by atoms with van der Waals surface area (Å²) in [6.07, 6.45) is 1.92. The lowest BCUT2D eigenvalue weighted by Crippen LogP contribution is -2.00. The smallest absolute Gasteiger partial charge is 0.119 e. The summed E-state index contributed by atoms with van der Waals surface area (Å²) in [5.74, 6) is 0.845. The standard InChI is InChI=1S/C16H14Cl2O2/c17-14-8-3-11(9-15(14)18)16(19)10-1-4-12(5-2-10)20-13-6-7-13/h1-5,8-9,13,16,19H,6-7H2. The van der Waals surface area contributed by atoms with Gasteiger partial charge in [-0.2, -0.15) is 0 Å². The second-order valence-electron chi connectivity index (χ2n) is 4.96. The minimum absolute atomic E-state index is 0.376. The summed E-state index contributed by atoms with van der Waals surface area (Å²) in [6, 6.07) is 12.6. The number of rotatable bonds is 4. The fourth-order valence-electron chi connectivity index (χ4n) is 1.98. The van der Waals surface area contributed by atoms with E-state index in [0.717, 1.165) is 29.7 Å². The Balaban J connectivity index is 1.78. The van der Waals surface area contributed by atoms with Gasteiger partial charge in [0, 0.05) is 0 Å². The predicted molar refractivity (Wildman–Crippen MR) is 80.6 cm³/mol. The quantitative estimate of drug-likeness (QED) is 0.893. The Morgan fingerprint density at radius 3 is 2.20 bits per heavy atom. The minimum Gasteiger partial charge on any atom is -0.490 e. The first-order valence-corrected chi connectivity index (χ1v) is 7.29. The molecule has 0 amide bonds. The van der Waals surface area contributed by atoms with Crippen LogP contribution in [0.5, 0.6) is 5.75 Å². The minimum atomic E-state index is -0.722. The summed E-state index contributed by atoms with van der Waals surface area (Å²) < 4.78 is 5.68. The fraction of sp³-hybridized carbons (Fsp3) is 0.250. The van der Waals surface area contributed by atoms with E-state index in [0.29, 0.717) is 16.1 Å². The first kappa shape index (κ1) is 13.7. The van der Waals surface area contributed by atoms with Gasteiger partial charge in [0.25, 0.3) is 0 Å². The molecule has 0 aromatic heterocycles. The predicted octanol–water partition coefficient (Wildman–Crippen LogP) is 4.62. The Kier molecular flexibility index (Phi) is 3.88. The lowest BCUT2D eigenvalue weighted by molar-refractivity contribution is 0.220. The van der Waals surface area contributed by atoms with Crippen molar-refractivity contribution < 1.29 is 9.84 Å². The van der Waals surface area contributed by atoms with Crippen molar-refractivity contribution in [3.05, 3.63) is 63.6 Å². The molecule has 0 radical (unpaired) electrons. The Labute approximate surface area is 127 Å². The molecule has 1 atom stereocenters. The molecule has 0 heterocycles. The van der Waals surface area contributed by atoms with Crippen molar-refractivity contribution in [3.63, 3.8) is 0 Å². The van der Waals surface area contributed by atoms with Gasteiger partial charge in [-0.05, 0) is 48.2 Å². The zero-order valence-electron chi connectivity index (χ0n) is 10.7. The first-order valence-electron chi connectivity index (χ1n) is 6.53. The molecule has 104 valence electrons. The molecule has 2 nitrogen and oxygen atoms in total. The van der Waals surface area contributed by atoms with Gasteiger partial charge in [-0.1, -0.05) is 41.4 Å². The number of ether oxygens (including phenoxy) is 1. The number of hydrogen-bond acceptors (Lipinski definition) is 2. The van der Waals surface area contributed by atoms with E-state index in [2.05, 4.69) is 0 Å². The number of aliphatic hydroxyl groups excluding tert-OH is 1. The monoisotopic (exact) mass is 308 g/mol. The van der Waals surface area contributed by atoms with Gasteiger partial charge in [0.2, 0.25) is 0 Å². The highest BCUT2D eigenvalue weighted by Gasteiger charge is 2.23. The summed E-state index contributed by atoms with van der Waals surface area (Å²) in [6.45, 7) is 0. The van der Waals surface area contributed by atoms with Gasteiger partial charge < -0.3 is 9.84 Å². The maximum Gasteiger partial charge on any atom is 0.119 e. The highest BCUT2D eigenvalue weighted by Crippen LogP contribution is 2.31. The third-order valence-electron chi connectivity index (χ3n) is 3.28. The zero-order valence-corrected chi connectivity index (χ0v) is 12.2. The molecule has 0 spiro atoms. The second-order valence-corrected chi connectivity index (χ2v) is 5.78. The molecule has 1 fully saturated rings. The molecule has 1 saturated carbocycles. The van der Waals surface area contributed by atoms with E-state index in [1.54, 1.807) is 18.2 Å². The summed E-state index contributed by atoms with van der Waals surface area (Å²) in [4.78, 5) is 0. The number of halogens is 2. The van der Waals surface area contributed by atoms with Crippen molar-refractivity contribution in [3.8, 4) is 5.75 Å². The normalized spacial score (nSPS) is 15.9. The number of aliphatic hydroxyl groups is 1. The van der Waals surface area contributed by atoms with Crippen LogP contribution in [0.1, 0.15) is 30.1 Å². The van der Waals surface area contributed by atoms with Crippen molar-refractivity contribution in [2.24, 2.45) is 0 Å². The zero-order chi connectivity index (χ0) is 14.1. The fourth-order valence-corrected chi connectivity index (χ4v) is 2.29. The second kappa shape index (κ2) is 5.65. The topological polar surface area (TPSA) is 29.5 Å². The van der Waals surface area contributed by atoms with Gasteiger partial charge in [0.15, 0.2) is 0 Å². The molecular formula is C16H14Cl2O2. The van der Waals surface area contributed by atoms with Gasteiger partial charge in [-0.15, -0.1) is 0 Å². The molecule has 0 bridgehead atoms. The lowest BCUT2D eigenvalue weighted by Gasteiger charge is -2.13. The molecule has 0 aliphatic heterocycles. The molecule has 2 aromatic rings. The van der Waals surface area contributed by atoms with E-state index in [1.807, 2.05) is 24.3 Å². The number of hydrogen-bond donors (Lipinski definition) is 1. The Morgan fingerprint density at radius 1 is 0.950 bits per heavy atom. The summed E-state index contributed by atoms with van der Waals surface area (Å²) in [5, 5.41) is 11.3. The van der Waals surface area contributed by atoms with E-state index in [9.17, 15) is 5.11 Å². The Morgan fingerprint density at radius 2 is 1.60 bits per heavy atom. The highest BCUT2D eigenvalue weighted by molar-refractivity contribution is 6.42. The van der Waals surface area contributed by atoms with E-state index in [4.69, 9.17) is 27.9 Å². The van der Waals surface area contributed by atoms with E-state index >= 15 is 0 Å². The van der Waals surface area contributed by atoms with Crippen LogP contribution in [-0.2, 0) is 0 Å². The molecule has 1 aliphatic rings. The molecule has 20 heavy (non-hydrogen) atoms. The van der Waals surface area contributed by atoms with Crippen molar-refractivity contribution >= 4 is 23.2 Å². The third-order valence-corrected chi connectivity index (χ3v) is 4.02. The van der Waals surface area contributed by atoms with E-state index in [1.165, 1.54) is 0 Å². The molecule has 0 saturated heterocycles. The van der Waals surface area contributed by atoms with Crippen LogP contribution in [0.2, 0.25) is 10.0 Å². The van der Waals surface area contributed by atoms with Crippen molar-refractivity contribution in [2.45, 2.75) is 25.0 Å². The van der Waals surface area contributed by atoms with Crippen LogP contribution in [-0.4, -0.2) is 11.2 Å². The van der Waals surface area contributed by atoms with Crippen LogP contribution in [0.25, 0.3) is 0 Å². The van der Waals surface area contributed by atoms with Crippen LogP contribution >= 0.6 is 23.2 Å². The SMILES string of the molecule is OC(c1ccc(OC2CC2)cc1)c1ccc(Cl)c(Cl)c1. The van der Waals surface area contributed by atoms with Gasteiger partial charge >= 0.3 is 0 Å². The summed E-state index contributed by atoms with van der Waals surface area (Å²) >= 11 is 11.8. The molecule has 2 aromatic carbocycles. The average molecular weight is 309 g/mol. The first-order chi connectivity index (χ1) is 9.63. The van der Waals surface area contributed by atoms with Crippen molar-refractivity contribution in [1.82, 2.24) is 0 Å². The molecule has 4 heteroatoms. The van der Waals surface area contributed by atoms with Gasteiger partial charge in [-0.3, -0.25) is 0 Å². The van der Waals surface area contributed by atoms with Crippen LogP contribution in [0.15, 0.2) is 42.5 Å². The van der Waals surface area contributed by atoms with Crippen molar-refractivity contribution in [1.29, 1.82) is 0 Å². The Hall–Kier alpha value is -1.22. The van der Waals surface area contributed by atoms with Crippen LogP contribution in [0.3, 0.4) is 0 Å². The van der Waals surface area contributed by atoms with E-state index < -0.39 is 6.10 Å². The molecule has 1 unspecified atom stereocenters. The van der Waals surface area contributed by atoms with Crippen LogP contribution < -0.4 is 4.74 Å². The maximum atomic E-state index is 10.3. The molecule has 1 N–H and O–H groups in total. The molecule has 1 aliphatic carbocycles. The third kappa shape index (κ3) is 3.09. The van der Waals surface area contributed by atoms with Crippen LogP contribution in [0, 0.1) is 0 Å². The number of benzene rings is 2. The summed E-state index contributed by atoms with van der Waals surface area (Å²) in [7, 11) is 0. The van der Waals surface area contributed by atoms with Gasteiger partial charge in [0.05, 0.1) is 16.1 Å². The highest BCUT2D eigenvalue weighted by atomic mass is 35.5. The Bertz CT molecular complexity index is 606. The van der Waals surface area contributed by atoms with Crippen molar-refractivity contribution in [2.75, 3.05) is 0 Å². The van der Waals surface area contributed by atoms with Gasteiger partial charge in [0.1, 0.15) is 11.9 Å². The summed E-state index contributed by atoms with van der Waals surface area (Å²) in [5.41, 5.74) is 1.52. The average Bonchev–Trinajstić information content (AvgIpc) is 3.26. The lowest BCUT2D eigenvalue weighted by atomic mass is 10.0. The molecule has 3 rings (SSSR count). The van der Waals surface area contributed by atoms with Crippen LogP contribution in [0.4, 0.5) is 0 Å². The largest absolute Gasteiger partial charge is 0.490 e. The van der Waals surface area contributed by atoms with E-state index in [-0.39, 0.29) is 0 Å². The maximum absolute atomic E-state index is 10.3. The molecular weight excluding hydrogens is 295 g/mol.